The molecule has 142 valence electrons. The number of methoxy groups -OCH3 is 1. The SMILES string of the molecule is CCc1cccc([C@H]2C[C@@H](N(C)C(=O)[C@H]3C[C@@](C)(NC(=O)OC)C3)C2)c1. The van der Waals surface area contributed by atoms with Gasteiger partial charge in [0.15, 0.2) is 0 Å². The third-order valence-electron chi connectivity index (χ3n) is 6.17. The zero-order valence-electron chi connectivity index (χ0n) is 16.2. The summed E-state index contributed by atoms with van der Waals surface area (Å²) in [5, 5.41) is 2.83. The molecule has 2 fully saturated rings. The second-order valence-corrected chi connectivity index (χ2v) is 8.15. The number of ether oxygens (including phenoxy) is 1. The summed E-state index contributed by atoms with van der Waals surface area (Å²) in [6, 6.07) is 9.15. The lowest BCUT2D eigenvalue weighted by molar-refractivity contribution is -0.143. The van der Waals surface area contributed by atoms with Crippen molar-refractivity contribution in [3.63, 3.8) is 0 Å². The maximum atomic E-state index is 12.7. The summed E-state index contributed by atoms with van der Waals surface area (Å²) < 4.78 is 4.65. The highest BCUT2D eigenvalue weighted by Gasteiger charge is 2.47. The molecule has 0 heterocycles. The molecule has 0 spiro atoms. The van der Waals surface area contributed by atoms with E-state index in [1.807, 2.05) is 18.9 Å². The van der Waals surface area contributed by atoms with Crippen molar-refractivity contribution >= 4 is 12.0 Å². The molecule has 2 amide bonds. The summed E-state index contributed by atoms with van der Waals surface area (Å²) >= 11 is 0. The lowest BCUT2D eigenvalue weighted by Gasteiger charge is -2.48. The fourth-order valence-corrected chi connectivity index (χ4v) is 4.31. The second-order valence-electron chi connectivity index (χ2n) is 8.15. The highest BCUT2D eigenvalue weighted by molar-refractivity contribution is 5.81. The van der Waals surface area contributed by atoms with Gasteiger partial charge in [0, 0.05) is 24.5 Å². The largest absolute Gasteiger partial charge is 0.453 e. The molecule has 1 aromatic rings. The molecule has 5 nitrogen and oxygen atoms in total. The highest BCUT2D eigenvalue weighted by atomic mass is 16.5. The first-order valence-corrected chi connectivity index (χ1v) is 9.57. The van der Waals surface area contributed by atoms with E-state index in [0.29, 0.717) is 24.8 Å². The summed E-state index contributed by atoms with van der Waals surface area (Å²) in [7, 11) is 3.28. The van der Waals surface area contributed by atoms with Gasteiger partial charge in [-0.2, -0.15) is 0 Å². The molecule has 3 rings (SSSR count). The molecule has 0 bridgehead atoms. The third kappa shape index (κ3) is 3.71. The minimum Gasteiger partial charge on any atom is -0.453 e. The molecule has 0 saturated heterocycles. The van der Waals surface area contributed by atoms with Crippen LogP contribution in [0.15, 0.2) is 24.3 Å². The molecule has 2 saturated carbocycles. The lowest BCUT2D eigenvalue weighted by Crippen LogP contribution is -2.59. The van der Waals surface area contributed by atoms with Crippen LogP contribution in [0.2, 0.25) is 0 Å². The van der Waals surface area contributed by atoms with Gasteiger partial charge in [-0.05, 0) is 56.1 Å². The molecule has 2 aliphatic rings. The quantitative estimate of drug-likeness (QED) is 0.877. The highest BCUT2D eigenvalue weighted by Crippen LogP contribution is 2.43. The summed E-state index contributed by atoms with van der Waals surface area (Å²) in [6.07, 6.45) is 4.07. The standard InChI is InChI=1S/C21H30N2O3/c1-5-14-7-6-8-15(9-14)16-10-18(11-16)23(3)19(24)17-12-21(2,13-17)22-20(25)26-4/h6-9,16-18H,5,10-13H2,1-4H3,(H,22,25)/t16-,17-,18+,21+. The predicted molar refractivity (Wildman–Crippen MR) is 101 cm³/mol. The summed E-state index contributed by atoms with van der Waals surface area (Å²) in [5.74, 6) is 0.777. The van der Waals surface area contributed by atoms with Crippen molar-refractivity contribution in [2.45, 2.75) is 63.5 Å². The molecule has 0 aromatic heterocycles. The Bertz CT molecular complexity index is 676. The van der Waals surface area contributed by atoms with E-state index >= 15 is 0 Å². The Kier molecular flexibility index (Phi) is 5.26. The average Bonchev–Trinajstić information content (AvgIpc) is 2.57. The van der Waals surface area contributed by atoms with Gasteiger partial charge in [0.05, 0.1) is 7.11 Å². The number of nitrogens with one attached hydrogen (secondary N) is 1. The van der Waals surface area contributed by atoms with Crippen LogP contribution < -0.4 is 5.32 Å². The Morgan fingerprint density at radius 3 is 2.62 bits per heavy atom. The van der Waals surface area contributed by atoms with Crippen molar-refractivity contribution in [3.8, 4) is 0 Å². The monoisotopic (exact) mass is 358 g/mol. The smallest absolute Gasteiger partial charge is 0.407 e. The van der Waals surface area contributed by atoms with E-state index in [0.717, 1.165) is 19.3 Å². The fraction of sp³-hybridized carbons (Fsp3) is 0.619. The number of nitrogens with zero attached hydrogens (tertiary/aromatic N) is 1. The van der Waals surface area contributed by atoms with E-state index in [1.165, 1.54) is 18.2 Å². The normalized spacial score (nSPS) is 29.9. The van der Waals surface area contributed by atoms with Crippen molar-refractivity contribution in [2.75, 3.05) is 14.2 Å². The Morgan fingerprint density at radius 1 is 1.31 bits per heavy atom. The molecular weight excluding hydrogens is 328 g/mol. The van der Waals surface area contributed by atoms with Gasteiger partial charge in [-0.1, -0.05) is 31.2 Å². The number of aryl methyl sites for hydroxylation is 1. The molecule has 1 N–H and O–H groups in total. The first-order valence-electron chi connectivity index (χ1n) is 9.57. The van der Waals surface area contributed by atoms with Crippen molar-refractivity contribution in [1.29, 1.82) is 0 Å². The van der Waals surface area contributed by atoms with E-state index in [9.17, 15) is 9.59 Å². The Hall–Kier alpha value is -2.04. The van der Waals surface area contributed by atoms with Gasteiger partial charge in [-0.3, -0.25) is 4.79 Å². The topological polar surface area (TPSA) is 58.6 Å². The van der Waals surface area contributed by atoms with Crippen LogP contribution in [-0.2, 0) is 16.0 Å². The van der Waals surface area contributed by atoms with Crippen LogP contribution in [-0.4, -0.2) is 42.6 Å². The molecule has 1 aromatic carbocycles. The number of rotatable bonds is 5. The van der Waals surface area contributed by atoms with Crippen LogP contribution in [0.25, 0.3) is 0 Å². The van der Waals surface area contributed by atoms with Crippen molar-refractivity contribution < 1.29 is 14.3 Å². The molecule has 0 atom stereocenters. The van der Waals surface area contributed by atoms with E-state index < -0.39 is 6.09 Å². The molecule has 0 unspecified atom stereocenters. The number of hydrogen-bond acceptors (Lipinski definition) is 3. The first kappa shape index (κ1) is 18.7. The van der Waals surface area contributed by atoms with E-state index in [4.69, 9.17) is 0 Å². The van der Waals surface area contributed by atoms with Crippen LogP contribution in [0.4, 0.5) is 4.79 Å². The minimum atomic E-state index is -0.428. The molecule has 26 heavy (non-hydrogen) atoms. The zero-order chi connectivity index (χ0) is 18.9. The van der Waals surface area contributed by atoms with Crippen LogP contribution in [0.5, 0.6) is 0 Å². The summed E-state index contributed by atoms with van der Waals surface area (Å²) in [6.45, 7) is 4.14. The van der Waals surface area contributed by atoms with Gasteiger partial charge in [0.1, 0.15) is 0 Å². The Labute approximate surface area is 156 Å². The second kappa shape index (κ2) is 7.29. The fourth-order valence-electron chi connectivity index (χ4n) is 4.31. The van der Waals surface area contributed by atoms with Gasteiger partial charge in [-0.15, -0.1) is 0 Å². The van der Waals surface area contributed by atoms with Gasteiger partial charge < -0.3 is 15.0 Å². The van der Waals surface area contributed by atoms with Gasteiger partial charge in [0.2, 0.25) is 5.91 Å². The summed E-state index contributed by atoms with van der Waals surface area (Å²) in [5.41, 5.74) is 2.46. The maximum Gasteiger partial charge on any atom is 0.407 e. The lowest BCUT2D eigenvalue weighted by atomic mass is 9.68. The van der Waals surface area contributed by atoms with Crippen LogP contribution in [0.1, 0.15) is 56.6 Å². The first-order chi connectivity index (χ1) is 12.3. The Balaban J connectivity index is 1.48. The number of carbonyl (C=O) groups is 2. The number of amides is 2. The molecule has 5 heteroatoms. The van der Waals surface area contributed by atoms with Crippen molar-refractivity contribution in [2.24, 2.45) is 5.92 Å². The Morgan fingerprint density at radius 2 is 2.00 bits per heavy atom. The average molecular weight is 358 g/mol. The van der Waals surface area contributed by atoms with E-state index in [-0.39, 0.29) is 17.4 Å². The molecule has 0 radical (unpaired) electrons. The van der Waals surface area contributed by atoms with Crippen molar-refractivity contribution in [3.05, 3.63) is 35.4 Å². The van der Waals surface area contributed by atoms with Gasteiger partial charge >= 0.3 is 6.09 Å². The minimum absolute atomic E-state index is 0.00428. The molecule has 2 aliphatic carbocycles. The third-order valence-corrected chi connectivity index (χ3v) is 6.17. The number of alkyl carbamates (subject to hydrolysis) is 1. The zero-order valence-corrected chi connectivity index (χ0v) is 16.2. The van der Waals surface area contributed by atoms with Gasteiger partial charge in [-0.25, -0.2) is 4.79 Å². The van der Waals surface area contributed by atoms with Crippen LogP contribution in [0, 0.1) is 5.92 Å². The van der Waals surface area contributed by atoms with Gasteiger partial charge in [0.25, 0.3) is 0 Å². The van der Waals surface area contributed by atoms with Crippen molar-refractivity contribution in [1.82, 2.24) is 10.2 Å². The number of hydrogen-bond donors (Lipinski definition) is 1. The maximum absolute atomic E-state index is 12.7. The number of carbonyl (C=O) groups excluding carboxylic acids is 2. The predicted octanol–water partition coefficient (Wildman–Crippen LogP) is 3.48. The molecular formula is C21H30N2O3. The van der Waals surface area contributed by atoms with E-state index in [1.54, 1.807) is 0 Å². The van der Waals surface area contributed by atoms with Crippen LogP contribution >= 0.6 is 0 Å². The van der Waals surface area contributed by atoms with Crippen LogP contribution in [0.3, 0.4) is 0 Å². The molecule has 0 aliphatic heterocycles. The number of benzene rings is 1. The summed E-state index contributed by atoms with van der Waals surface area (Å²) in [4.78, 5) is 26.0. The van der Waals surface area contributed by atoms with E-state index in [2.05, 4.69) is 41.2 Å².